The second-order valence-electron chi connectivity index (χ2n) is 2.80. The lowest BCUT2D eigenvalue weighted by Crippen LogP contribution is -2.15. The van der Waals surface area contributed by atoms with E-state index in [4.69, 9.17) is 10.5 Å². The number of rotatable bonds is 2. The molecule has 0 spiro atoms. The van der Waals surface area contributed by atoms with Crippen molar-refractivity contribution >= 4 is 21.7 Å². The van der Waals surface area contributed by atoms with Gasteiger partial charge in [-0.25, -0.2) is 8.78 Å². The van der Waals surface area contributed by atoms with Gasteiger partial charge in [0.25, 0.3) is 0 Å². The maximum absolute atomic E-state index is 13.3. The van der Waals surface area contributed by atoms with Gasteiger partial charge in [-0.3, -0.25) is 4.79 Å². The van der Waals surface area contributed by atoms with E-state index in [1.807, 2.05) is 0 Å². The minimum absolute atomic E-state index is 0.129. The summed E-state index contributed by atoms with van der Waals surface area (Å²) < 4.78 is 26.7. The van der Waals surface area contributed by atoms with Gasteiger partial charge in [-0.1, -0.05) is 15.9 Å². The number of ketones is 1. The molecule has 0 unspecified atom stereocenters. The molecule has 6 heteroatoms. The molecule has 0 saturated heterocycles. The SMILES string of the molecule is N#CC(C#N)C(=O)c1c(F)cc(Br)cc1F. The number of benzene rings is 1. The van der Waals surface area contributed by atoms with Crippen LogP contribution in [0.2, 0.25) is 0 Å². The van der Waals surface area contributed by atoms with Crippen LogP contribution in [0.4, 0.5) is 8.78 Å². The van der Waals surface area contributed by atoms with Crippen LogP contribution in [0.3, 0.4) is 0 Å². The number of hydrogen-bond acceptors (Lipinski definition) is 3. The van der Waals surface area contributed by atoms with Crippen LogP contribution >= 0.6 is 15.9 Å². The van der Waals surface area contributed by atoms with Crippen molar-refractivity contribution in [1.82, 2.24) is 0 Å². The molecule has 0 aliphatic heterocycles. The molecule has 0 radical (unpaired) electrons. The summed E-state index contributed by atoms with van der Waals surface area (Å²) in [5.74, 6) is -5.09. The number of halogens is 3. The molecule has 0 aliphatic rings. The van der Waals surface area contributed by atoms with E-state index in [0.29, 0.717) is 0 Å². The predicted octanol–water partition coefficient (Wildman–Crippen LogP) is 2.57. The summed E-state index contributed by atoms with van der Waals surface area (Å²) in [6.45, 7) is 0. The summed E-state index contributed by atoms with van der Waals surface area (Å²) >= 11 is 2.85. The van der Waals surface area contributed by atoms with E-state index in [1.54, 1.807) is 0 Å². The molecule has 1 rings (SSSR count). The molecule has 0 N–H and O–H groups in total. The van der Waals surface area contributed by atoms with Crippen LogP contribution in [0.5, 0.6) is 0 Å². The van der Waals surface area contributed by atoms with Gasteiger partial charge >= 0.3 is 0 Å². The molecule has 3 nitrogen and oxygen atoms in total. The van der Waals surface area contributed by atoms with E-state index in [0.717, 1.165) is 12.1 Å². The van der Waals surface area contributed by atoms with E-state index < -0.39 is 28.9 Å². The Kier molecular flexibility index (Phi) is 3.70. The van der Waals surface area contributed by atoms with Crippen LogP contribution in [0.1, 0.15) is 10.4 Å². The van der Waals surface area contributed by atoms with E-state index in [-0.39, 0.29) is 4.47 Å². The predicted molar refractivity (Wildman–Crippen MR) is 53.1 cm³/mol. The molecular formula is C10H3BrF2N2O. The molecule has 0 aromatic heterocycles. The van der Waals surface area contributed by atoms with Crippen molar-refractivity contribution < 1.29 is 13.6 Å². The average molecular weight is 285 g/mol. The largest absolute Gasteiger partial charge is 0.291 e. The Morgan fingerprint density at radius 2 is 1.69 bits per heavy atom. The zero-order valence-electron chi connectivity index (χ0n) is 7.67. The number of nitriles is 2. The standard InChI is InChI=1S/C10H3BrF2N2O/c11-6-1-7(12)9(8(13)2-6)10(16)5(3-14)4-15/h1-2,5H. The third-order valence-electron chi connectivity index (χ3n) is 1.77. The first-order valence-electron chi connectivity index (χ1n) is 3.99. The molecule has 0 bridgehead atoms. The number of Topliss-reactive ketones (excluding diaryl/α,β-unsaturated/α-hetero) is 1. The number of carbonyl (C=O) groups excluding carboxylic acids is 1. The normalized spacial score (nSPS) is 9.62. The zero-order chi connectivity index (χ0) is 12.3. The third kappa shape index (κ3) is 2.23. The molecule has 0 aliphatic carbocycles. The van der Waals surface area contributed by atoms with Gasteiger partial charge in [0.2, 0.25) is 0 Å². The fraction of sp³-hybridized carbons (Fsp3) is 0.100. The van der Waals surface area contributed by atoms with Crippen LogP contribution in [-0.2, 0) is 0 Å². The van der Waals surface area contributed by atoms with Gasteiger partial charge in [0, 0.05) is 4.47 Å². The topological polar surface area (TPSA) is 64.7 Å². The highest BCUT2D eigenvalue weighted by Gasteiger charge is 2.26. The van der Waals surface area contributed by atoms with Crippen LogP contribution in [0.25, 0.3) is 0 Å². The van der Waals surface area contributed by atoms with Gasteiger partial charge in [-0.15, -0.1) is 0 Å². The van der Waals surface area contributed by atoms with Crippen molar-refractivity contribution in [3.8, 4) is 12.1 Å². The van der Waals surface area contributed by atoms with Gasteiger partial charge < -0.3 is 0 Å². The number of nitrogens with zero attached hydrogens (tertiary/aromatic N) is 2. The van der Waals surface area contributed by atoms with Gasteiger partial charge in [-0.05, 0) is 12.1 Å². The lowest BCUT2D eigenvalue weighted by Gasteiger charge is -2.04. The summed E-state index contributed by atoms with van der Waals surface area (Å²) in [5.41, 5.74) is -0.865. The fourth-order valence-electron chi connectivity index (χ4n) is 1.07. The Morgan fingerprint density at radius 1 is 1.25 bits per heavy atom. The lowest BCUT2D eigenvalue weighted by atomic mass is 9.99. The van der Waals surface area contributed by atoms with Crippen molar-refractivity contribution in [2.45, 2.75) is 0 Å². The van der Waals surface area contributed by atoms with Crippen molar-refractivity contribution in [3.63, 3.8) is 0 Å². The van der Waals surface area contributed by atoms with Crippen molar-refractivity contribution in [1.29, 1.82) is 10.5 Å². The Morgan fingerprint density at radius 3 is 2.06 bits per heavy atom. The smallest absolute Gasteiger partial charge is 0.200 e. The molecule has 1 aromatic carbocycles. The Hall–Kier alpha value is -1.79. The van der Waals surface area contributed by atoms with Gasteiger partial charge in [0.1, 0.15) is 11.6 Å². The van der Waals surface area contributed by atoms with Crippen LogP contribution < -0.4 is 0 Å². The summed E-state index contributed by atoms with van der Waals surface area (Å²) in [6, 6.07) is 4.51. The summed E-state index contributed by atoms with van der Waals surface area (Å²) in [5, 5.41) is 16.9. The first kappa shape index (κ1) is 12.3. The quantitative estimate of drug-likeness (QED) is 0.784. The number of carbonyl (C=O) groups is 1. The molecular weight excluding hydrogens is 282 g/mol. The van der Waals surface area contributed by atoms with Gasteiger partial charge in [0.15, 0.2) is 11.7 Å². The van der Waals surface area contributed by atoms with Crippen molar-refractivity contribution in [2.75, 3.05) is 0 Å². The maximum atomic E-state index is 13.3. The minimum atomic E-state index is -1.70. The first-order valence-corrected chi connectivity index (χ1v) is 4.78. The van der Waals surface area contributed by atoms with E-state index in [2.05, 4.69) is 15.9 Å². The Bertz CT molecular complexity index is 494. The van der Waals surface area contributed by atoms with Crippen LogP contribution in [0.15, 0.2) is 16.6 Å². The summed E-state index contributed by atoms with van der Waals surface area (Å²) in [4.78, 5) is 11.4. The minimum Gasteiger partial charge on any atom is -0.291 e. The molecule has 16 heavy (non-hydrogen) atoms. The molecule has 1 aromatic rings. The second kappa shape index (κ2) is 4.82. The molecule has 80 valence electrons. The average Bonchev–Trinajstić information content (AvgIpc) is 2.17. The zero-order valence-corrected chi connectivity index (χ0v) is 9.25. The van der Waals surface area contributed by atoms with E-state index in [9.17, 15) is 13.6 Å². The van der Waals surface area contributed by atoms with Crippen LogP contribution in [0, 0.1) is 40.2 Å². The van der Waals surface area contributed by atoms with Crippen molar-refractivity contribution in [3.05, 3.63) is 33.8 Å². The molecule has 0 heterocycles. The Labute approximate surface area is 98.0 Å². The highest BCUT2D eigenvalue weighted by Crippen LogP contribution is 2.21. The maximum Gasteiger partial charge on any atom is 0.200 e. The lowest BCUT2D eigenvalue weighted by molar-refractivity contribution is 0.0962. The Balaban J connectivity index is 3.31. The molecule has 0 atom stereocenters. The van der Waals surface area contributed by atoms with E-state index in [1.165, 1.54) is 12.1 Å². The second-order valence-corrected chi connectivity index (χ2v) is 3.72. The summed E-state index contributed by atoms with van der Waals surface area (Å²) in [6.07, 6.45) is 0. The molecule has 0 saturated carbocycles. The molecule has 0 amide bonds. The highest BCUT2D eigenvalue weighted by atomic mass is 79.9. The van der Waals surface area contributed by atoms with Crippen LogP contribution in [-0.4, -0.2) is 5.78 Å². The fourth-order valence-corrected chi connectivity index (χ4v) is 1.47. The first-order chi connectivity index (χ1) is 7.51. The monoisotopic (exact) mass is 284 g/mol. The van der Waals surface area contributed by atoms with Crippen molar-refractivity contribution in [2.24, 2.45) is 5.92 Å². The third-order valence-corrected chi connectivity index (χ3v) is 2.23. The van der Waals surface area contributed by atoms with Gasteiger partial charge in [-0.2, -0.15) is 10.5 Å². The highest BCUT2D eigenvalue weighted by molar-refractivity contribution is 9.10. The van der Waals surface area contributed by atoms with E-state index >= 15 is 0 Å². The summed E-state index contributed by atoms with van der Waals surface area (Å²) in [7, 11) is 0. The van der Waals surface area contributed by atoms with Gasteiger partial charge in [0.05, 0.1) is 17.7 Å². The number of hydrogen-bond donors (Lipinski definition) is 0. The molecule has 0 fully saturated rings.